The minimum absolute atomic E-state index is 0.335. The van der Waals surface area contributed by atoms with Gasteiger partial charge in [-0.1, -0.05) is 6.42 Å². The third kappa shape index (κ3) is 3.21. The number of anilines is 1. The molecule has 1 aromatic heterocycles. The monoisotopic (exact) mass is 342 g/mol. The second-order valence-electron chi connectivity index (χ2n) is 7.65. The van der Waals surface area contributed by atoms with Crippen molar-refractivity contribution in [3.05, 3.63) is 24.0 Å². The number of hydrogen-bond donors (Lipinski definition) is 0. The van der Waals surface area contributed by atoms with Gasteiger partial charge in [0.1, 0.15) is 12.0 Å². The molecule has 4 rings (SSSR count). The third-order valence-corrected chi connectivity index (χ3v) is 6.13. The normalized spacial score (nSPS) is 27.2. The maximum atomic E-state index is 13.2. The van der Waals surface area contributed by atoms with Gasteiger partial charge in [0, 0.05) is 30.3 Å². The van der Waals surface area contributed by atoms with Crippen molar-refractivity contribution in [3.63, 3.8) is 0 Å². The quantitative estimate of drug-likeness (QED) is 0.783. The molecule has 25 heavy (non-hydrogen) atoms. The van der Waals surface area contributed by atoms with Gasteiger partial charge in [-0.3, -0.25) is 9.98 Å². The van der Waals surface area contributed by atoms with Crippen LogP contribution in [0, 0.1) is 11.8 Å². The molecule has 2 heterocycles. The maximum absolute atomic E-state index is 13.2. The number of aromatic nitrogens is 1. The molecule has 0 N–H and O–H groups in total. The zero-order valence-corrected chi connectivity index (χ0v) is 15.2. The molecule has 0 radical (unpaired) electrons. The first kappa shape index (κ1) is 16.7. The summed E-state index contributed by atoms with van der Waals surface area (Å²) in [7, 11) is 0. The fourth-order valence-electron chi connectivity index (χ4n) is 4.09. The van der Waals surface area contributed by atoms with Crippen LogP contribution in [-0.4, -0.2) is 41.8 Å². The van der Waals surface area contributed by atoms with Crippen molar-refractivity contribution in [1.82, 2.24) is 4.98 Å². The molecule has 0 bridgehead atoms. The van der Waals surface area contributed by atoms with Crippen LogP contribution in [0.15, 0.2) is 28.4 Å². The lowest BCUT2D eigenvalue weighted by Crippen LogP contribution is -2.44. The van der Waals surface area contributed by atoms with Crippen LogP contribution in [0.2, 0.25) is 0 Å². The van der Waals surface area contributed by atoms with Gasteiger partial charge in [0.25, 0.3) is 0 Å². The highest BCUT2D eigenvalue weighted by atomic mass is 19.1. The van der Waals surface area contributed by atoms with Crippen molar-refractivity contribution in [2.24, 2.45) is 21.8 Å². The Balaban J connectivity index is 1.50. The Kier molecular flexibility index (Phi) is 4.57. The van der Waals surface area contributed by atoms with E-state index in [1.807, 2.05) is 12.4 Å². The fourth-order valence-corrected chi connectivity index (χ4v) is 4.09. The van der Waals surface area contributed by atoms with Crippen LogP contribution in [0.4, 0.5) is 10.1 Å². The van der Waals surface area contributed by atoms with Crippen LogP contribution in [-0.2, 0) is 0 Å². The highest BCUT2D eigenvalue weighted by molar-refractivity contribution is 6.13. The number of alkyl halides is 1. The highest BCUT2D eigenvalue weighted by Crippen LogP contribution is 2.36. The van der Waals surface area contributed by atoms with E-state index < -0.39 is 6.17 Å². The highest BCUT2D eigenvalue weighted by Gasteiger charge is 2.35. The summed E-state index contributed by atoms with van der Waals surface area (Å²) in [6, 6.07) is 2.51. The molecule has 0 amide bonds. The summed E-state index contributed by atoms with van der Waals surface area (Å²) >= 11 is 0. The Hall–Kier alpha value is -1.78. The molecule has 2 saturated carbocycles. The van der Waals surface area contributed by atoms with Crippen molar-refractivity contribution in [3.8, 4) is 0 Å². The van der Waals surface area contributed by atoms with Gasteiger partial charge in [-0.25, -0.2) is 9.38 Å². The van der Waals surface area contributed by atoms with Crippen LogP contribution in [0.25, 0.3) is 0 Å². The Morgan fingerprint density at radius 3 is 2.72 bits per heavy atom. The van der Waals surface area contributed by atoms with Gasteiger partial charge in [0.15, 0.2) is 0 Å². The van der Waals surface area contributed by atoms with E-state index in [4.69, 9.17) is 4.99 Å². The lowest BCUT2D eigenvalue weighted by Gasteiger charge is -2.41. The Morgan fingerprint density at radius 1 is 1.28 bits per heavy atom. The van der Waals surface area contributed by atoms with Crippen LogP contribution < -0.4 is 4.90 Å². The molecule has 3 aliphatic rings. The fraction of sp³-hybridized carbons (Fsp3) is 0.650. The van der Waals surface area contributed by atoms with Gasteiger partial charge in [-0.2, -0.15) is 0 Å². The smallest absolute Gasteiger partial charge is 0.127 e. The molecule has 0 aromatic carbocycles. The van der Waals surface area contributed by atoms with Crippen LogP contribution in [0.3, 0.4) is 0 Å². The number of halogens is 1. The number of pyridine rings is 1. The van der Waals surface area contributed by atoms with Gasteiger partial charge < -0.3 is 4.90 Å². The number of aliphatic imine (C=N–C) groups is 2. The number of nitrogens with zero attached hydrogens (tertiary/aromatic N) is 4. The average Bonchev–Trinajstić information content (AvgIpc) is 3.00. The summed E-state index contributed by atoms with van der Waals surface area (Å²) < 4.78 is 13.2. The second kappa shape index (κ2) is 6.85. The molecule has 2 aliphatic carbocycles. The van der Waals surface area contributed by atoms with E-state index in [1.165, 1.54) is 19.3 Å². The number of amidine groups is 1. The predicted molar refractivity (Wildman–Crippen MR) is 101 cm³/mol. The average molecular weight is 342 g/mol. The summed E-state index contributed by atoms with van der Waals surface area (Å²) in [4.78, 5) is 16.2. The van der Waals surface area contributed by atoms with E-state index in [2.05, 4.69) is 34.8 Å². The molecule has 2 fully saturated rings. The topological polar surface area (TPSA) is 40.9 Å². The van der Waals surface area contributed by atoms with E-state index >= 15 is 0 Å². The molecule has 0 spiro atoms. The first-order valence-electron chi connectivity index (χ1n) is 9.63. The maximum Gasteiger partial charge on any atom is 0.127 e. The summed E-state index contributed by atoms with van der Waals surface area (Å²) in [6.07, 6.45) is 8.34. The first-order chi connectivity index (χ1) is 12.2. The van der Waals surface area contributed by atoms with E-state index in [1.54, 1.807) is 0 Å². The molecule has 1 aliphatic heterocycles. The molecular weight excluding hydrogens is 315 g/mol. The Bertz CT molecular complexity index is 689. The molecule has 1 atom stereocenters. The van der Waals surface area contributed by atoms with Gasteiger partial charge in [0.05, 0.1) is 24.1 Å². The van der Waals surface area contributed by atoms with Crippen LogP contribution >= 0.6 is 0 Å². The Labute approximate surface area is 149 Å². The van der Waals surface area contributed by atoms with Crippen LogP contribution in [0.1, 0.15) is 51.5 Å². The Morgan fingerprint density at radius 2 is 2.08 bits per heavy atom. The summed E-state index contributed by atoms with van der Waals surface area (Å²) in [5, 5.41) is 0. The SMILES string of the molecule is CCN(c1cncc(C2=NC(C3CCC3)=NC2)c1)C(C)C1CC(F)C1. The molecule has 1 aromatic rings. The van der Waals surface area contributed by atoms with Crippen molar-refractivity contribution in [2.45, 2.75) is 58.2 Å². The molecule has 0 saturated heterocycles. The number of hydrogen-bond acceptors (Lipinski definition) is 4. The molecular formula is C20H27FN4. The van der Waals surface area contributed by atoms with Crippen LogP contribution in [0.5, 0.6) is 0 Å². The van der Waals surface area contributed by atoms with E-state index in [-0.39, 0.29) is 0 Å². The van der Waals surface area contributed by atoms with Gasteiger partial charge in [0.2, 0.25) is 0 Å². The lowest BCUT2D eigenvalue weighted by molar-refractivity contribution is 0.112. The van der Waals surface area contributed by atoms with Crippen molar-refractivity contribution < 1.29 is 4.39 Å². The zero-order valence-electron chi connectivity index (χ0n) is 15.2. The third-order valence-electron chi connectivity index (χ3n) is 6.13. The van der Waals surface area contributed by atoms with Crippen molar-refractivity contribution in [2.75, 3.05) is 18.0 Å². The van der Waals surface area contributed by atoms with Gasteiger partial charge in [-0.05, 0) is 51.5 Å². The lowest BCUT2D eigenvalue weighted by atomic mass is 9.78. The molecule has 4 nitrogen and oxygen atoms in total. The minimum Gasteiger partial charge on any atom is -0.368 e. The summed E-state index contributed by atoms with van der Waals surface area (Å²) in [5.74, 6) is 2.06. The largest absolute Gasteiger partial charge is 0.368 e. The second-order valence-corrected chi connectivity index (χ2v) is 7.65. The van der Waals surface area contributed by atoms with Gasteiger partial charge in [-0.15, -0.1) is 0 Å². The molecule has 5 heteroatoms. The van der Waals surface area contributed by atoms with E-state index in [9.17, 15) is 4.39 Å². The zero-order chi connectivity index (χ0) is 17.4. The molecule has 134 valence electrons. The standard InChI is InChI=1S/C20H27FN4/c1-3-25(13(2)15-7-17(21)8-15)18-9-16(10-22-11-18)19-12-23-20(24-19)14-5-4-6-14/h9-11,13-15,17H,3-8,12H2,1-2H3. The van der Waals surface area contributed by atoms with E-state index in [0.29, 0.717) is 37.3 Å². The first-order valence-corrected chi connectivity index (χ1v) is 9.63. The number of rotatable bonds is 6. The minimum atomic E-state index is -0.606. The summed E-state index contributed by atoms with van der Waals surface area (Å²) in [6.45, 7) is 5.93. The van der Waals surface area contributed by atoms with Crippen molar-refractivity contribution in [1.29, 1.82) is 0 Å². The molecule has 1 unspecified atom stereocenters. The van der Waals surface area contributed by atoms with Gasteiger partial charge >= 0.3 is 0 Å². The van der Waals surface area contributed by atoms with E-state index in [0.717, 1.165) is 29.3 Å². The summed E-state index contributed by atoms with van der Waals surface area (Å²) in [5.41, 5.74) is 3.21. The predicted octanol–water partition coefficient (Wildman–Crippen LogP) is 4.05. The van der Waals surface area contributed by atoms with Crippen molar-refractivity contribution >= 4 is 17.2 Å².